The van der Waals surface area contributed by atoms with Gasteiger partial charge in [-0.3, -0.25) is 19.2 Å². The minimum Gasteiger partial charge on any atom is -0.271 e. The first-order chi connectivity index (χ1) is 13.5. The van der Waals surface area contributed by atoms with E-state index in [0.29, 0.717) is 34.5 Å². The van der Waals surface area contributed by atoms with E-state index in [4.69, 9.17) is 0 Å². The van der Waals surface area contributed by atoms with Gasteiger partial charge in [-0.05, 0) is 24.8 Å². The number of anilines is 1. The lowest BCUT2D eigenvalue weighted by atomic mass is 10.00. The maximum absolute atomic E-state index is 12.6. The summed E-state index contributed by atoms with van der Waals surface area (Å²) in [5, 5.41) is 0.706. The number of hydrogen-bond donors (Lipinski definition) is 2. The number of piperidine rings is 1. The molecule has 1 fully saturated rings. The van der Waals surface area contributed by atoms with E-state index in [-0.39, 0.29) is 5.56 Å². The molecule has 10 heteroatoms. The van der Waals surface area contributed by atoms with Crippen LogP contribution < -0.4 is 20.7 Å². The molecule has 0 bridgehead atoms. The molecule has 3 aromatic rings. The minimum atomic E-state index is -0.420. The molecule has 0 spiro atoms. The number of imidazole rings is 1. The molecule has 0 radical (unpaired) electrons. The van der Waals surface area contributed by atoms with Gasteiger partial charge in [0.25, 0.3) is 5.56 Å². The fourth-order valence-electron chi connectivity index (χ4n) is 3.56. The van der Waals surface area contributed by atoms with Crippen LogP contribution in [0.4, 0.5) is 5.95 Å². The number of aryl methyl sites for hydroxylation is 2. The van der Waals surface area contributed by atoms with Crippen molar-refractivity contribution in [3.63, 3.8) is 0 Å². The first-order valence-corrected chi connectivity index (χ1v) is 10.4. The summed E-state index contributed by atoms with van der Waals surface area (Å²) in [5.41, 5.74) is 0.248. The smallest absolute Gasteiger partial charge is 0.271 e. The number of aromatic amines is 2. The number of nitrogens with one attached hydrogen (secondary N) is 2. The number of rotatable bonds is 5. The molecular weight excluding hydrogens is 378 g/mol. The van der Waals surface area contributed by atoms with E-state index < -0.39 is 5.69 Å². The normalized spacial score (nSPS) is 15.4. The molecule has 3 aromatic heterocycles. The van der Waals surface area contributed by atoms with Gasteiger partial charge in [-0.15, -0.1) is 0 Å². The molecule has 1 aliphatic heterocycles. The Labute approximate surface area is 165 Å². The Hall–Kier alpha value is -2.62. The Kier molecular flexibility index (Phi) is 5.21. The van der Waals surface area contributed by atoms with Gasteiger partial charge in [0.2, 0.25) is 11.2 Å². The van der Waals surface area contributed by atoms with Crippen molar-refractivity contribution in [3.05, 3.63) is 39.3 Å². The molecule has 0 amide bonds. The van der Waals surface area contributed by atoms with Crippen LogP contribution in [-0.2, 0) is 13.6 Å². The third kappa shape index (κ3) is 3.56. The van der Waals surface area contributed by atoms with Crippen molar-refractivity contribution in [1.82, 2.24) is 24.5 Å². The van der Waals surface area contributed by atoms with Crippen molar-refractivity contribution in [3.8, 4) is 0 Å². The molecule has 148 valence electrons. The van der Waals surface area contributed by atoms with Crippen LogP contribution in [0.2, 0.25) is 0 Å². The molecule has 0 saturated carbocycles. The largest absolute Gasteiger partial charge is 0.359 e. The quantitative estimate of drug-likeness (QED) is 0.369. The molecule has 1 saturated heterocycles. The summed E-state index contributed by atoms with van der Waals surface area (Å²) in [7, 11) is 1.66. The van der Waals surface area contributed by atoms with Gasteiger partial charge in [0, 0.05) is 25.2 Å². The number of nitrogens with zero attached hydrogens (tertiary/aromatic N) is 5. The molecule has 9 nitrogen and oxygen atoms in total. The number of hydrogen-bond acceptors (Lipinski definition) is 6. The molecule has 0 aliphatic carbocycles. The summed E-state index contributed by atoms with van der Waals surface area (Å²) in [6.45, 7) is 4.72. The van der Waals surface area contributed by atoms with Gasteiger partial charge >= 0.3 is 11.6 Å². The average molecular weight is 403 g/mol. The van der Waals surface area contributed by atoms with Gasteiger partial charge in [0.05, 0.1) is 19.6 Å². The van der Waals surface area contributed by atoms with Crippen molar-refractivity contribution in [2.45, 2.75) is 31.5 Å². The molecule has 0 unspecified atom stereocenters. The average Bonchev–Trinajstić information content (AvgIpc) is 3.08. The Morgan fingerprint density at radius 3 is 2.64 bits per heavy atom. The highest BCUT2D eigenvalue weighted by atomic mass is 32.2. The topological polar surface area (TPSA) is 104 Å². The Morgan fingerprint density at radius 1 is 1.21 bits per heavy atom. The number of thioether (sulfide) groups is 1. The highest BCUT2D eigenvalue weighted by Gasteiger charge is 2.30. The van der Waals surface area contributed by atoms with Gasteiger partial charge < -0.3 is 0 Å². The Morgan fingerprint density at radius 2 is 1.93 bits per heavy atom. The van der Waals surface area contributed by atoms with E-state index in [1.165, 1.54) is 16.3 Å². The number of H-pyrrole nitrogens is 2. The van der Waals surface area contributed by atoms with E-state index in [2.05, 4.69) is 31.8 Å². The summed E-state index contributed by atoms with van der Waals surface area (Å²) in [4.78, 5) is 41.1. The van der Waals surface area contributed by atoms with E-state index in [1.54, 1.807) is 25.5 Å². The van der Waals surface area contributed by atoms with Gasteiger partial charge in [0.1, 0.15) is 0 Å². The first-order valence-electron chi connectivity index (χ1n) is 9.44. The number of aromatic nitrogens is 6. The van der Waals surface area contributed by atoms with Gasteiger partial charge in [-0.25, -0.2) is 24.3 Å². The van der Waals surface area contributed by atoms with Crippen LogP contribution in [0.5, 0.6) is 0 Å². The van der Waals surface area contributed by atoms with Gasteiger partial charge in [-0.1, -0.05) is 18.7 Å². The maximum atomic E-state index is 12.6. The second-order valence-corrected chi connectivity index (χ2v) is 8.23. The van der Waals surface area contributed by atoms with E-state index in [0.717, 1.165) is 31.9 Å². The van der Waals surface area contributed by atoms with E-state index in [1.807, 2.05) is 4.57 Å². The molecule has 1 aliphatic rings. The Bertz CT molecular complexity index is 1080. The fraction of sp³-hybridized carbons (Fsp3) is 0.500. The van der Waals surface area contributed by atoms with E-state index in [9.17, 15) is 9.59 Å². The van der Waals surface area contributed by atoms with Gasteiger partial charge in [0.15, 0.2) is 5.16 Å². The lowest BCUT2D eigenvalue weighted by Gasteiger charge is -2.26. The monoisotopic (exact) mass is 402 g/mol. The summed E-state index contributed by atoms with van der Waals surface area (Å²) >= 11 is 1.54. The van der Waals surface area contributed by atoms with Crippen molar-refractivity contribution >= 4 is 28.9 Å². The zero-order valence-electron chi connectivity index (χ0n) is 16.0. The lowest BCUT2D eigenvalue weighted by molar-refractivity contribution is -0.654. The van der Waals surface area contributed by atoms with Gasteiger partial charge in [-0.2, -0.15) is 0 Å². The van der Waals surface area contributed by atoms with Crippen LogP contribution in [0.15, 0.2) is 33.2 Å². The predicted octanol–water partition coefficient (Wildman–Crippen LogP) is 0.661. The summed E-state index contributed by atoms with van der Waals surface area (Å²) in [6.07, 6.45) is 5.65. The van der Waals surface area contributed by atoms with Crippen LogP contribution in [0.1, 0.15) is 19.8 Å². The zero-order valence-corrected chi connectivity index (χ0v) is 16.8. The van der Waals surface area contributed by atoms with Crippen molar-refractivity contribution in [2.75, 3.05) is 23.7 Å². The predicted molar refractivity (Wildman–Crippen MR) is 108 cm³/mol. The fourth-order valence-corrected chi connectivity index (χ4v) is 4.28. The van der Waals surface area contributed by atoms with E-state index >= 15 is 0 Å². The Balaban J connectivity index is 1.71. The van der Waals surface area contributed by atoms with Crippen LogP contribution in [0, 0.1) is 5.92 Å². The number of fused-ring (bicyclic) bond motifs is 1. The molecule has 4 heterocycles. The highest BCUT2D eigenvalue weighted by Crippen LogP contribution is 2.21. The molecular formula is C18H24N7O2S+. The third-order valence-electron chi connectivity index (χ3n) is 5.23. The molecule has 0 atom stereocenters. The first kappa shape index (κ1) is 18.7. The lowest BCUT2D eigenvalue weighted by Crippen LogP contribution is -2.47. The SMILES string of the molecule is CC1CCN(c2[nH]c3c(c(=O)[nH]c(=O)n3C)[n+]2CCSc2ncccn2)CC1. The summed E-state index contributed by atoms with van der Waals surface area (Å²) in [5.74, 6) is 2.29. The van der Waals surface area contributed by atoms with Crippen LogP contribution in [-0.4, -0.2) is 43.3 Å². The molecule has 4 rings (SSSR count). The molecule has 28 heavy (non-hydrogen) atoms. The van der Waals surface area contributed by atoms with Crippen LogP contribution >= 0.6 is 11.8 Å². The van der Waals surface area contributed by atoms with Crippen LogP contribution in [0.25, 0.3) is 11.2 Å². The summed E-state index contributed by atoms with van der Waals surface area (Å²) in [6, 6.07) is 1.79. The standard InChI is InChI=1S/C18H23N7O2S/c1-12-4-8-24(9-5-12)17-21-14-13(15(26)22-18(27)23(14)2)25(17)10-11-28-16-19-6-3-7-20-16/h3,6-7,12H,4-5,8-11H2,1-2H3,(H,22,26,27)/p+1. The highest BCUT2D eigenvalue weighted by molar-refractivity contribution is 7.99. The van der Waals surface area contributed by atoms with Crippen molar-refractivity contribution in [2.24, 2.45) is 13.0 Å². The zero-order chi connectivity index (χ0) is 19.7. The van der Waals surface area contributed by atoms with Crippen LogP contribution in [0.3, 0.4) is 0 Å². The minimum absolute atomic E-state index is 0.369. The molecule has 0 aromatic carbocycles. The molecule has 2 N–H and O–H groups in total. The van der Waals surface area contributed by atoms with Crippen molar-refractivity contribution < 1.29 is 4.57 Å². The van der Waals surface area contributed by atoms with Crippen molar-refractivity contribution in [1.29, 1.82) is 0 Å². The second kappa shape index (κ2) is 7.78. The summed E-state index contributed by atoms with van der Waals surface area (Å²) < 4.78 is 3.44. The third-order valence-corrected chi connectivity index (χ3v) is 6.08. The second-order valence-electron chi connectivity index (χ2n) is 7.17. The maximum Gasteiger partial charge on any atom is 0.359 e.